The minimum atomic E-state index is 0.665. The molecule has 0 aliphatic heterocycles. The lowest BCUT2D eigenvalue weighted by atomic mass is 10.1. The van der Waals surface area contributed by atoms with E-state index in [9.17, 15) is 0 Å². The van der Waals surface area contributed by atoms with Gasteiger partial charge in [-0.05, 0) is 36.9 Å². The zero-order chi connectivity index (χ0) is 11.1. The molecule has 0 saturated heterocycles. The van der Waals surface area contributed by atoms with Crippen molar-refractivity contribution in [3.05, 3.63) is 10.6 Å². The Balaban J connectivity index is 1.82. The van der Waals surface area contributed by atoms with Crippen LogP contribution in [0.3, 0.4) is 0 Å². The molecule has 2 atom stereocenters. The topological polar surface area (TPSA) is 42.8 Å². The van der Waals surface area contributed by atoms with Crippen LogP contribution in [-0.4, -0.2) is 28.5 Å². The summed E-state index contributed by atoms with van der Waals surface area (Å²) in [5.74, 6) is 3.59. The van der Waals surface area contributed by atoms with E-state index in [0.717, 1.165) is 29.0 Å². The number of nitrogens with zero attached hydrogens (tertiary/aromatic N) is 2. The van der Waals surface area contributed by atoms with Crippen LogP contribution in [-0.2, 0) is 11.3 Å². The van der Waals surface area contributed by atoms with E-state index in [2.05, 4.69) is 14.8 Å². The van der Waals surface area contributed by atoms with Crippen LogP contribution in [0.2, 0.25) is 0 Å². The first-order valence-electron chi connectivity index (χ1n) is 5.97. The molecule has 2 aliphatic carbocycles. The van der Waals surface area contributed by atoms with Crippen LogP contribution in [0.15, 0.2) is 0 Å². The van der Waals surface area contributed by atoms with Crippen molar-refractivity contribution in [2.24, 2.45) is 11.8 Å². The summed E-state index contributed by atoms with van der Waals surface area (Å²) in [6.45, 7) is 1.51. The van der Waals surface area contributed by atoms with Gasteiger partial charge in [0.15, 0.2) is 4.77 Å². The second-order valence-corrected chi connectivity index (χ2v) is 5.20. The van der Waals surface area contributed by atoms with Gasteiger partial charge in [-0.25, -0.2) is 0 Å². The Hall–Kier alpha value is -0.680. The third-order valence-electron chi connectivity index (χ3n) is 4.01. The van der Waals surface area contributed by atoms with Crippen molar-refractivity contribution < 1.29 is 4.74 Å². The van der Waals surface area contributed by atoms with Gasteiger partial charge in [0.05, 0.1) is 6.61 Å². The van der Waals surface area contributed by atoms with Crippen LogP contribution in [0.5, 0.6) is 0 Å². The number of H-pyrrole nitrogens is 1. The van der Waals surface area contributed by atoms with Gasteiger partial charge in [0.1, 0.15) is 5.82 Å². The number of fused-ring (bicyclic) bond motifs is 1. The van der Waals surface area contributed by atoms with Gasteiger partial charge in [-0.3, -0.25) is 5.10 Å². The molecule has 1 N–H and O–H groups in total. The average molecular weight is 239 g/mol. The molecule has 2 saturated carbocycles. The minimum absolute atomic E-state index is 0.665. The summed E-state index contributed by atoms with van der Waals surface area (Å²) in [5.41, 5.74) is 0. The van der Waals surface area contributed by atoms with E-state index < -0.39 is 0 Å². The molecule has 4 nitrogen and oxygen atoms in total. The maximum atomic E-state index is 5.25. The van der Waals surface area contributed by atoms with Crippen LogP contribution in [0.4, 0.5) is 0 Å². The van der Waals surface area contributed by atoms with Crippen molar-refractivity contribution in [2.75, 3.05) is 13.7 Å². The predicted molar refractivity (Wildman–Crippen MR) is 62.9 cm³/mol. The third kappa shape index (κ3) is 1.53. The Labute approximate surface area is 100 Å². The number of aromatic nitrogens is 3. The van der Waals surface area contributed by atoms with E-state index in [4.69, 9.17) is 17.0 Å². The summed E-state index contributed by atoms with van der Waals surface area (Å²) in [6.07, 6.45) is 4.15. The number of aromatic amines is 1. The van der Waals surface area contributed by atoms with Gasteiger partial charge in [-0.15, -0.1) is 0 Å². The van der Waals surface area contributed by atoms with Gasteiger partial charge in [-0.1, -0.05) is 6.42 Å². The molecule has 0 amide bonds. The summed E-state index contributed by atoms with van der Waals surface area (Å²) in [6, 6.07) is 0. The van der Waals surface area contributed by atoms with Crippen LogP contribution >= 0.6 is 12.2 Å². The summed E-state index contributed by atoms with van der Waals surface area (Å²) < 4.78 is 7.96. The zero-order valence-corrected chi connectivity index (χ0v) is 10.3. The molecule has 2 aliphatic rings. The Kier molecular flexibility index (Phi) is 2.59. The lowest BCUT2D eigenvalue weighted by molar-refractivity contribution is 0.185. The molecule has 3 rings (SSSR count). The SMILES string of the molecule is COCCn1c(C2C3CCCC32)n[nH]c1=S. The van der Waals surface area contributed by atoms with Crippen molar-refractivity contribution in [1.29, 1.82) is 0 Å². The third-order valence-corrected chi connectivity index (χ3v) is 4.32. The number of nitrogens with one attached hydrogen (secondary N) is 1. The maximum absolute atomic E-state index is 5.25. The monoisotopic (exact) mass is 239 g/mol. The molecule has 16 heavy (non-hydrogen) atoms. The molecule has 1 aromatic heterocycles. The van der Waals surface area contributed by atoms with E-state index >= 15 is 0 Å². The molecular formula is C11H17N3OS. The van der Waals surface area contributed by atoms with E-state index in [0.29, 0.717) is 12.5 Å². The van der Waals surface area contributed by atoms with E-state index in [1.54, 1.807) is 7.11 Å². The van der Waals surface area contributed by atoms with Gasteiger partial charge in [0.2, 0.25) is 0 Å². The zero-order valence-electron chi connectivity index (χ0n) is 9.48. The number of ether oxygens (including phenoxy) is 1. The Bertz CT molecular complexity index is 429. The number of rotatable bonds is 4. The van der Waals surface area contributed by atoms with Gasteiger partial charge < -0.3 is 9.30 Å². The molecule has 1 aromatic rings. The van der Waals surface area contributed by atoms with Crippen LogP contribution in [0, 0.1) is 16.6 Å². The van der Waals surface area contributed by atoms with Crippen LogP contribution in [0.1, 0.15) is 31.0 Å². The van der Waals surface area contributed by atoms with Crippen LogP contribution in [0.25, 0.3) is 0 Å². The van der Waals surface area contributed by atoms with Crippen molar-refractivity contribution in [1.82, 2.24) is 14.8 Å². The van der Waals surface area contributed by atoms with Crippen molar-refractivity contribution >= 4 is 12.2 Å². The molecule has 2 unspecified atom stereocenters. The van der Waals surface area contributed by atoms with Gasteiger partial charge in [0.25, 0.3) is 0 Å². The summed E-state index contributed by atoms with van der Waals surface area (Å²) >= 11 is 5.25. The maximum Gasteiger partial charge on any atom is 0.195 e. The lowest BCUT2D eigenvalue weighted by Crippen LogP contribution is -2.09. The Morgan fingerprint density at radius 3 is 2.94 bits per heavy atom. The molecule has 5 heteroatoms. The van der Waals surface area contributed by atoms with Gasteiger partial charge in [0, 0.05) is 19.6 Å². The summed E-state index contributed by atoms with van der Waals surface area (Å²) in [5, 5.41) is 7.32. The number of hydrogen-bond acceptors (Lipinski definition) is 3. The van der Waals surface area contributed by atoms with Crippen LogP contribution < -0.4 is 0 Å². The van der Waals surface area contributed by atoms with Gasteiger partial charge in [-0.2, -0.15) is 5.10 Å². The fourth-order valence-electron chi connectivity index (χ4n) is 3.19. The highest BCUT2D eigenvalue weighted by atomic mass is 32.1. The van der Waals surface area contributed by atoms with Crippen molar-refractivity contribution in [3.63, 3.8) is 0 Å². The molecule has 0 aromatic carbocycles. The van der Waals surface area contributed by atoms with E-state index in [1.165, 1.54) is 19.3 Å². The Morgan fingerprint density at radius 2 is 2.25 bits per heavy atom. The summed E-state index contributed by atoms with van der Waals surface area (Å²) in [7, 11) is 1.72. The second-order valence-electron chi connectivity index (χ2n) is 4.82. The van der Waals surface area contributed by atoms with E-state index in [-0.39, 0.29) is 0 Å². The quantitative estimate of drug-likeness (QED) is 0.818. The highest BCUT2D eigenvalue weighted by Gasteiger charge is 2.55. The average Bonchev–Trinajstić information content (AvgIpc) is 2.67. The van der Waals surface area contributed by atoms with Crippen molar-refractivity contribution in [2.45, 2.75) is 31.7 Å². The predicted octanol–water partition coefficient (Wildman–Crippen LogP) is 2.10. The minimum Gasteiger partial charge on any atom is -0.383 e. The first kappa shape index (κ1) is 10.5. The molecule has 0 bridgehead atoms. The second kappa shape index (κ2) is 3.96. The fourth-order valence-corrected chi connectivity index (χ4v) is 3.42. The number of methoxy groups -OCH3 is 1. The van der Waals surface area contributed by atoms with E-state index in [1.807, 2.05) is 0 Å². The van der Waals surface area contributed by atoms with Gasteiger partial charge >= 0.3 is 0 Å². The highest BCUT2D eigenvalue weighted by molar-refractivity contribution is 7.71. The normalized spacial score (nSPS) is 31.7. The smallest absolute Gasteiger partial charge is 0.195 e. The molecule has 2 fully saturated rings. The molecule has 1 heterocycles. The lowest BCUT2D eigenvalue weighted by Gasteiger charge is -2.07. The molecule has 0 spiro atoms. The number of hydrogen-bond donors (Lipinski definition) is 1. The largest absolute Gasteiger partial charge is 0.383 e. The fraction of sp³-hybridized carbons (Fsp3) is 0.818. The molecular weight excluding hydrogens is 222 g/mol. The first-order chi connectivity index (χ1) is 7.83. The Morgan fingerprint density at radius 1 is 1.50 bits per heavy atom. The summed E-state index contributed by atoms with van der Waals surface area (Å²) in [4.78, 5) is 0. The standard InChI is InChI=1S/C11H17N3OS/c1-15-6-5-14-10(12-13-11(14)16)9-7-3-2-4-8(7)9/h7-9H,2-6H2,1H3,(H,13,16). The highest BCUT2D eigenvalue weighted by Crippen LogP contribution is 2.62. The van der Waals surface area contributed by atoms with Crippen molar-refractivity contribution in [3.8, 4) is 0 Å². The molecule has 88 valence electrons. The molecule has 0 radical (unpaired) electrons. The first-order valence-corrected chi connectivity index (χ1v) is 6.38.